The average molecular weight is 369 g/mol. The summed E-state index contributed by atoms with van der Waals surface area (Å²) in [6.07, 6.45) is 0. The molecule has 1 saturated heterocycles. The predicted molar refractivity (Wildman–Crippen MR) is 91.9 cm³/mol. The van der Waals surface area contributed by atoms with E-state index in [2.05, 4.69) is 0 Å². The fourth-order valence-electron chi connectivity index (χ4n) is 3.17. The van der Waals surface area contributed by atoms with E-state index in [4.69, 9.17) is 17.3 Å². The van der Waals surface area contributed by atoms with Crippen LogP contribution in [-0.4, -0.2) is 32.4 Å². The third kappa shape index (κ3) is 3.19. The lowest BCUT2D eigenvalue weighted by molar-refractivity contribution is 0.459. The highest BCUT2D eigenvalue weighted by Crippen LogP contribution is 2.36. The maximum absolute atomic E-state index is 13.2. The molecule has 2 atom stereocenters. The van der Waals surface area contributed by atoms with Gasteiger partial charge >= 0.3 is 0 Å². The van der Waals surface area contributed by atoms with E-state index in [1.807, 2.05) is 30.3 Å². The second-order valence-electron chi connectivity index (χ2n) is 5.91. The molecule has 2 aromatic rings. The Balaban J connectivity index is 1.92. The highest BCUT2D eigenvalue weighted by Gasteiger charge is 2.40. The molecule has 1 fully saturated rings. The highest BCUT2D eigenvalue weighted by atomic mass is 35.5. The van der Waals surface area contributed by atoms with Crippen LogP contribution in [0.25, 0.3) is 0 Å². The maximum atomic E-state index is 13.2. The van der Waals surface area contributed by atoms with Crippen LogP contribution in [0.4, 0.5) is 4.39 Å². The largest absolute Gasteiger partial charge is 0.330 e. The second kappa shape index (κ2) is 6.80. The van der Waals surface area contributed by atoms with Gasteiger partial charge in [-0.2, -0.15) is 4.31 Å². The van der Waals surface area contributed by atoms with Gasteiger partial charge in [0.05, 0.1) is 5.02 Å². The van der Waals surface area contributed by atoms with E-state index in [-0.39, 0.29) is 21.8 Å². The normalized spacial score (nSPS) is 22.0. The van der Waals surface area contributed by atoms with Crippen LogP contribution in [0.3, 0.4) is 0 Å². The summed E-state index contributed by atoms with van der Waals surface area (Å²) in [7, 11) is -3.79. The van der Waals surface area contributed by atoms with Gasteiger partial charge in [-0.05, 0) is 36.2 Å². The molecular formula is C17H18ClFN2O2S. The van der Waals surface area contributed by atoms with Crippen molar-refractivity contribution in [1.29, 1.82) is 0 Å². The monoisotopic (exact) mass is 368 g/mol. The molecule has 0 saturated carbocycles. The summed E-state index contributed by atoms with van der Waals surface area (Å²) < 4.78 is 40.4. The quantitative estimate of drug-likeness (QED) is 0.902. The third-order valence-corrected chi connectivity index (χ3v) is 6.76. The molecule has 128 valence electrons. The molecule has 1 aliphatic rings. The van der Waals surface area contributed by atoms with Crippen LogP contribution < -0.4 is 5.73 Å². The van der Waals surface area contributed by atoms with Crippen molar-refractivity contribution < 1.29 is 12.8 Å². The van der Waals surface area contributed by atoms with Crippen molar-refractivity contribution >= 4 is 21.6 Å². The molecule has 0 unspecified atom stereocenters. The Morgan fingerprint density at radius 3 is 2.50 bits per heavy atom. The van der Waals surface area contributed by atoms with Gasteiger partial charge in [0.2, 0.25) is 10.0 Å². The summed E-state index contributed by atoms with van der Waals surface area (Å²) in [6.45, 7) is 1.05. The molecule has 4 nitrogen and oxygen atoms in total. The Bertz CT molecular complexity index is 830. The number of halogens is 2. The highest BCUT2D eigenvalue weighted by molar-refractivity contribution is 7.89. The first-order chi connectivity index (χ1) is 11.4. The maximum Gasteiger partial charge on any atom is 0.244 e. The molecule has 3 rings (SSSR count). The van der Waals surface area contributed by atoms with Crippen LogP contribution in [0.1, 0.15) is 11.5 Å². The Hall–Kier alpha value is -1.47. The molecule has 0 amide bonds. The van der Waals surface area contributed by atoms with E-state index in [1.54, 1.807) is 0 Å². The van der Waals surface area contributed by atoms with Crippen LogP contribution in [0, 0.1) is 11.7 Å². The molecule has 24 heavy (non-hydrogen) atoms. The van der Waals surface area contributed by atoms with Crippen LogP contribution >= 0.6 is 11.6 Å². The van der Waals surface area contributed by atoms with Crippen LogP contribution in [-0.2, 0) is 10.0 Å². The number of benzene rings is 2. The molecule has 0 spiro atoms. The third-order valence-electron chi connectivity index (χ3n) is 4.45. The lowest BCUT2D eigenvalue weighted by atomic mass is 9.89. The number of nitrogens with zero attached hydrogens (tertiary/aromatic N) is 1. The van der Waals surface area contributed by atoms with E-state index in [1.165, 1.54) is 10.4 Å². The van der Waals surface area contributed by atoms with Crippen LogP contribution in [0.15, 0.2) is 53.4 Å². The van der Waals surface area contributed by atoms with Gasteiger partial charge < -0.3 is 5.73 Å². The molecule has 0 aliphatic carbocycles. The number of hydrogen-bond acceptors (Lipinski definition) is 3. The predicted octanol–water partition coefficient (Wildman–Crippen LogP) is 2.84. The zero-order valence-electron chi connectivity index (χ0n) is 12.9. The summed E-state index contributed by atoms with van der Waals surface area (Å²) >= 11 is 5.95. The zero-order valence-corrected chi connectivity index (χ0v) is 14.5. The summed E-state index contributed by atoms with van der Waals surface area (Å²) in [6, 6.07) is 13.1. The van der Waals surface area contributed by atoms with E-state index in [0.29, 0.717) is 19.6 Å². The van der Waals surface area contributed by atoms with E-state index >= 15 is 0 Å². The first-order valence-electron chi connectivity index (χ1n) is 7.63. The molecule has 0 radical (unpaired) electrons. The fraction of sp³-hybridized carbons (Fsp3) is 0.294. The zero-order chi connectivity index (χ0) is 17.3. The standard InChI is InChI=1S/C17H18ClFN2O2S/c18-16-8-14(19)6-7-17(16)24(22,23)21-10-13(9-20)15(11-21)12-4-2-1-3-5-12/h1-8,13,15H,9-11,20H2/t13-,15+/m1/s1. The van der Waals surface area contributed by atoms with Gasteiger partial charge in [0.15, 0.2) is 0 Å². The minimum Gasteiger partial charge on any atom is -0.330 e. The minimum absolute atomic E-state index is 0.0291. The van der Waals surface area contributed by atoms with Gasteiger partial charge in [-0.1, -0.05) is 41.9 Å². The topological polar surface area (TPSA) is 63.4 Å². The first-order valence-corrected chi connectivity index (χ1v) is 9.45. The van der Waals surface area contributed by atoms with Gasteiger partial charge in [-0.3, -0.25) is 0 Å². The van der Waals surface area contributed by atoms with E-state index in [9.17, 15) is 12.8 Å². The Morgan fingerprint density at radius 2 is 1.88 bits per heavy atom. The number of sulfonamides is 1. The summed E-state index contributed by atoms with van der Waals surface area (Å²) in [4.78, 5) is -0.0740. The lowest BCUT2D eigenvalue weighted by Crippen LogP contribution is -2.30. The molecule has 7 heteroatoms. The average Bonchev–Trinajstić information content (AvgIpc) is 3.00. The minimum atomic E-state index is -3.79. The molecule has 1 aliphatic heterocycles. The summed E-state index contributed by atoms with van der Waals surface area (Å²) in [5.41, 5.74) is 6.92. The molecule has 2 aromatic carbocycles. The Morgan fingerprint density at radius 1 is 1.17 bits per heavy atom. The van der Waals surface area contributed by atoms with Crippen LogP contribution in [0.5, 0.6) is 0 Å². The molecule has 2 N–H and O–H groups in total. The van der Waals surface area contributed by atoms with Gasteiger partial charge in [-0.25, -0.2) is 12.8 Å². The van der Waals surface area contributed by atoms with E-state index < -0.39 is 15.8 Å². The molecule has 1 heterocycles. The number of nitrogens with two attached hydrogens (primary N) is 1. The second-order valence-corrected chi connectivity index (χ2v) is 8.22. The van der Waals surface area contributed by atoms with Crippen molar-refractivity contribution in [2.24, 2.45) is 11.7 Å². The Labute approximate surface area is 146 Å². The summed E-state index contributed by atoms with van der Waals surface area (Å²) in [5, 5.41) is -0.109. The Kier molecular flexibility index (Phi) is 4.92. The van der Waals surface area contributed by atoms with Crippen molar-refractivity contribution in [3.63, 3.8) is 0 Å². The van der Waals surface area contributed by atoms with Crippen molar-refractivity contribution in [3.8, 4) is 0 Å². The first kappa shape index (κ1) is 17.4. The van der Waals surface area contributed by atoms with Gasteiger partial charge in [0.1, 0.15) is 10.7 Å². The van der Waals surface area contributed by atoms with Crippen molar-refractivity contribution in [2.45, 2.75) is 10.8 Å². The fourth-order valence-corrected chi connectivity index (χ4v) is 5.20. The van der Waals surface area contributed by atoms with E-state index in [0.717, 1.165) is 17.7 Å². The van der Waals surface area contributed by atoms with Crippen molar-refractivity contribution in [1.82, 2.24) is 4.31 Å². The number of rotatable bonds is 4. The molecular weight excluding hydrogens is 351 g/mol. The van der Waals surface area contributed by atoms with Crippen molar-refractivity contribution in [2.75, 3.05) is 19.6 Å². The summed E-state index contributed by atoms with van der Waals surface area (Å²) in [5.74, 6) is -0.506. The van der Waals surface area contributed by atoms with Gasteiger partial charge in [0, 0.05) is 19.0 Å². The van der Waals surface area contributed by atoms with Gasteiger partial charge in [0.25, 0.3) is 0 Å². The van der Waals surface area contributed by atoms with Crippen molar-refractivity contribution in [3.05, 3.63) is 64.9 Å². The van der Waals surface area contributed by atoms with Crippen LogP contribution in [0.2, 0.25) is 5.02 Å². The number of hydrogen-bond donors (Lipinski definition) is 1. The molecule has 0 aromatic heterocycles. The smallest absolute Gasteiger partial charge is 0.244 e. The molecule has 0 bridgehead atoms. The SMILES string of the molecule is NC[C@@H]1CN(S(=O)(=O)c2ccc(F)cc2Cl)C[C@H]1c1ccccc1. The van der Waals surface area contributed by atoms with Gasteiger partial charge in [-0.15, -0.1) is 0 Å². The lowest BCUT2D eigenvalue weighted by Gasteiger charge is -2.17.